The van der Waals surface area contributed by atoms with E-state index in [1.54, 1.807) is 18.2 Å². The highest BCUT2D eigenvalue weighted by atomic mass is 127. The summed E-state index contributed by atoms with van der Waals surface area (Å²) in [5.74, 6) is -0.0401. The van der Waals surface area contributed by atoms with E-state index in [2.05, 4.69) is 48.2 Å². The molecule has 1 aromatic heterocycles. The lowest BCUT2D eigenvalue weighted by Gasteiger charge is -2.11. The van der Waals surface area contributed by atoms with Crippen LogP contribution in [0.1, 0.15) is 0 Å². The Morgan fingerprint density at radius 2 is 2.00 bits per heavy atom. The maximum absolute atomic E-state index is 12.3. The fraction of sp³-hybridized carbons (Fsp3) is 0. The first-order chi connectivity index (χ1) is 8.90. The number of rotatable bonds is 3. The molecular weight excluding hydrogens is 445 g/mol. The minimum atomic E-state index is -3.76. The van der Waals surface area contributed by atoms with E-state index < -0.39 is 10.0 Å². The molecule has 2 aromatic rings. The van der Waals surface area contributed by atoms with Crippen molar-refractivity contribution in [1.82, 2.24) is 4.98 Å². The Morgan fingerprint density at radius 1 is 1.32 bits per heavy atom. The first-order valence-corrected chi connectivity index (χ1v) is 8.44. The Bertz CT molecular complexity index is 722. The molecule has 0 saturated carbocycles. The maximum atomic E-state index is 12.3. The minimum Gasteiger partial charge on any atom is -0.383 e. The second-order valence-electron chi connectivity index (χ2n) is 3.62. The van der Waals surface area contributed by atoms with Gasteiger partial charge in [0.05, 0.1) is 5.69 Å². The number of nitrogens with two attached hydrogens (primary N) is 1. The van der Waals surface area contributed by atoms with Gasteiger partial charge in [-0.2, -0.15) is 0 Å². The summed E-state index contributed by atoms with van der Waals surface area (Å²) in [5, 5.41) is 0. The van der Waals surface area contributed by atoms with Gasteiger partial charge in [-0.25, -0.2) is 13.4 Å². The Labute approximate surface area is 132 Å². The van der Waals surface area contributed by atoms with Crippen LogP contribution in [0, 0.1) is 3.57 Å². The number of para-hydroxylation sites is 1. The van der Waals surface area contributed by atoms with E-state index in [1.165, 1.54) is 12.3 Å². The Hall–Kier alpha value is -0.870. The molecule has 1 heterocycles. The lowest BCUT2D eigenvalue weighted by atomic mass is 10.3. The topological polar surface area (TPSA) is 85.1 Å². The number of benzene rings is 1. The van der Waals surface area contributed by atoms with Gasteiger partial charge < -0.3 is 5.73 Å². The van der Waals surface area contributed by atoms with Crippen LogP contribution in [-0.4, -0.2) is 13.4 Å². The van der Waals surface area contributed by atoms with Gasteiger partial charge >= 0.3 is 0 Å². The van der Waals surface area contributed by atoms with E-state index in [-0.39, 0.29) is 10.7 Å². The molecule has 0 bridgehead atoms. The first kappa shape index (κ1) is 14.5. The number of sulfonamides is 1. The highest BCUT2D eigenvalue weighted by molar-refractivity contribution is 14.1. The van der Waals surface area contributed by atoms with Crippen LogP contribution in [0.4, 0.5) is 11.5 Å². The second kappa shape index (κ2) is 5.63. The number of halogens is 2. The number of pyridine rings is 1. The molecule has 5 nitrogen and oxygen atoms in total. The van der Waals surface area contributed by atoms with E-state index in [4.69, 9.17) is 5.73 Å². The SMILES string of the molecule is Nc1ncc(Br)cc1S(=O)(=O)Nc1ccccc1I. The zero-order valence-corrected chi connectivity index (χ0v) is 14.0. The minimum absolute atomic E-state index is 0.0401. The normalized spacial score (nSPS) is 11.3. The van der Waals surface area contributed by atoms with Crippen LogP contribution in [0.2, 0.25) is 0 Å². The van der Waals surface area contributed by atoms with Crippen molar-refractivity contribution in [2.24, 2.45) is 0 Å². The van der Waals surface area contributed by atoms with Crippen molar-refractivity contribution in [2.45, 2.75) is 4.90 Å². The zero-order valence-electron chi connectivity index (χ0n) is 9.47. The van der Waals surface area contributed by atoms with Crippen molar-refractivity contribution in [3.05, 3.63) is 44.6 Å². The van der Waals surface area contributed by atoms with Gasteiger partial charge in [-0.3, -0.25) is 4.72 Å². The fourth-order valence-corrected chi connectivity index (χ4v) is 3.77. The Balaban J connectivity index is 2.44. The van der Waals surface area contributed by atoms with Gasteiger partial charge in [0, 0.05) is 14.2 Å². The second-order valence-corrected chi connectivity index (χ2v) is 7.35. The molecule has 1 aromatic carbocycles. The van der Waals surface area contributed by atoms with Gasteiger partial charge in [0.15, 0.2) is 0 Å². The van der Waals surface area contributed by atoms with Crippen LogP contribution in [0.5, 0.6) is 0 Å². The third-order valence-electron chi connectivity index (χ3n) is 2.26. The number of aromatic nitrogens is 1. The number of nitrogens with one attached hydrogen (secondary N) is 1. The smallest absolute Gasteiger partial charge is 0.265 e. The lowest BCUT2D eigenvalue weighted by molar-refractivity contribution is 0.601. The molecule has 0 aliphatic heterocycles. The predicted octanol–water partition coefficient (Wildman–Crippen LogP) is 2.83. The van der Waals surface area contributed by atoms with Crippen LogP contribution in [0.15, 0.2) is 45.9 Å². The molecule has 0 unspecified atom stereocenters. The van der Waals surface area contributed by atoms with E-state index in [1.807, 2.05) is 6.07 Å². The highest BCUT2D eigenvalue weighted by Crippen LogP contribution is 2.25. The van der Waals surface area contributed by atoms with E-state index in [0.29, 0.717) is 10.2 Å². The van der Waals surface area contributed by atoms with Crippen LogP contribution < -0.4 is 10.5 Å². The summed E-state index contributed by atoms with van der Waals surface area (Å²) in [7, 11) is -3.76. The van der Waals surface area contributed by atoms with Crippen LogP contribution >= 0.6 is 38.5 Å². The van der Waals surface area contributed by atoms with Gasteiger partial charge in [0.2, 0.25) is 0 Å². The van der Waals surface area contributed by atoms with Crippen LogP contribution in [0.3, 0.4) is 0 Å². The van der Waals surface area contributed by atoms with Crippen molar-refractivity contribution in [3.8, 4) is 0 Å². The fourth-order valence-electron chi connectivity index (χ4n) is 1.39. The van der Waals surface area contributed by atoms with E-state index in [9.17, 15) is 8.42 Å². The Morgan fingerprint density at radius 3 is 2.68 bits per heavy atom. The van der Waals surface area contributed by atoms with E-state index >= 15 is 0 Å². The molecule has 3 N–H and O–H groups in total. The van der Waals surface area contributed by atoms with Gasteiger partial charge in [0.25, 0.3) is 10.0 Å². The summed E-state index contributed by atoms with van der Waals surface area (Å²) in [6.45, 7) is 0. The van der Waals surface area contributed by atoms with E-state index in [0.717, 1.165) is 3.57 Å². The third kappa shape index (κ3) is 3.37. The van der Waals surface area contributed by atoms with Crippen LogP contribution in [0.25, 0.3) is 0 Å². The van der Waals surface area contributed by atoms with Crippen molar-refractivity contribution in [3.63, 3.8) is 0 Å². The third-order valence-corrected chi connectivity index (χ3v) is 5.03. The molecular formula is C11H9BrIN3O2S. The van der Waals surface area contributed by atoms with Crippen molar-refractivity contribution in [2.75, 3.05) is 10.5 Å². The summed E-state index contributed by atoms with van der Waals surface area (Å²) >= 11 is 5.23. The number of hydrogen-bond donors (Lipinski definition) is 2. The van der Waals surface area contributed by atoms with Gasteiger partial charge in [-0.15, -0.1) is 0 Å². The summed E-state index contributed by atoms with van der Waals surface area (Å²) in [4.78, 5) is 3.76. The number of nitrogens with zero attached hydrogens (tertiary/aromatic N) is 1. The molecule has 0 aliphatic rings. The van der Waals surface area contributed by atoms with Gasteiger partial charge in [-0.05, 0) is 56.7 Å². The Kier molecular flexibility index (Phi) is 4.31. The molecule has 0 aliphatic carbocycles. The molecule has 100 valence electrons. The molecule has 19 heavy (non-hydrogen) atoms. The number of hydrogen-bond acceptors (Lipinski definition) is 4. The molecule has 0 fully saturated rings. The van der Waals surface area contributed by atoms with Crippen molar-refractivity contribution >= 4 is 60.0 Å². The van der Waals surface area contributed by atoms with Crippen molar-refractivity contribution < 1.29 is 8.42 Å². The van der Waals surface area contributed by atoms with Crippen molar-refractivity contribution in [1.29, 1.82) is 0 Å². The lowest BCUT2D eigenvalue weighted by Crippen LogP contribution is -2.16. The molecule has 0 saturated heterocycles. The summed E-state index contributed by atoms with van der Waals surface area (Å²) < 4.78 is 28.4. The van der Waals surface area contributed by atoms with Gasteiger partial charge in [0.1, 0.15) is 10.7 Å². The molecule has 0 radical (unpaired) electrons. The molecule has 0 atom stereocenters. The number of nitrogen functional groups attached to an aromatic ring is 1. The average Bonchev–Trinajstić information content (AvgIpc) is 2.35. The number of anilines is 2. The highest BCUT2D eigenvalue weighted by Gasteiger charge is 2.19. The maximum Gasteiger partial charge on any atom is 0.265 e. The standard InChI is InChI=1S/C11H9BrIN3O2S/c12-7-5-10(11(14)15-6-7)19(17,18)16-9-4-2-1-3-8(9)13/h1-6,16H,(H2,14,15). The molecule has 2 rings (SSSR count). The van der Waals surface area contributed by atoms with Crippen LogP contribution in [-0.2, 0) is 10.0 Å². The predicted molar refractivity (Wildman–Crippen MR) is 86.3 cm³/mol. The van der Waals surface area contributed by atoms with Gasteiger partial charge in [-0.1, -0.05) is 12.1 Å². The molecule has 0 amide bonds. The summed E-state index contributed by atoms with van der Waals surface area (Å²) in [6.07, 6.45) is 1.45. The molecule has 0 spiro atoms. The largest absolute Gasteiger partial charge is 0.383 e. The molecule has 8 heteroatoms. The summed E-state index contributed by atoms with van der Waals surface area (Å²) in [5.41, 5.74) is 6.12. The quantitative estimate of drug-likeness (QED) is 0.699. The average molecular weight is 454 g/mol. The first-order valence-electron chi connectivity index (χ1n) is 5.08. The monoisotopic (exact) mass is 453 g/mol. The summed E-state index contributed by atoms with van der Waals surface area (Å²) in [6, 6.07) is 8.49. The zero-order chi connectivity index (χ0) is 14.0.